The van der Waals surface area contributed by atoms with Crippen LogP contribution in [0.5, 0.6) is 0 Å². The van der Waals surface area contributed by atoms with Gasteiger partial charge in [-0.25, -0.2) is 4.39 Å². The van der Waals surface area contributed by atoms with Gasteiger partial charge in [0.25, 0.3) is 0 Å². The van der Waals surface area contributed by atoms with Crippen molar-refractivity contribution in [1.82, 2.24) is 5.32 Å². The van der Waals surface area contributed by atoms with Gasteiger partial charge < -0.3 is 10.1 Å². The summed E-state index contributed by atoms with van der Waals surface area (Å²) in [4.78, 5) is 10.9. The van der Waals surface area contributed by atoms with E-state index in [0.717, 1.165) is 18.5 Å². The molecule has 1 aromatic rings. The molecule has 0 bridgehead atoms. The third-order valence-corrected chi connectivity index (χ3v) is 2.61. The topological polar surface area (TPSA) is 38.3 Å². The highest BCUT2D eigenvalue weighted by molar-refractivity contribution is 5.69. The fourth-order valence-electron chi connectivity index (χ4n) is 1.52. The molecule has 1 N–H and O–H groups in total. The molecule has 4 heteroatoms. The zero-order valence-corrected chi connectivity index (χ0v) is 10.2. The highest BCUT2D eigenvalue weighted by Gasteiger charge is 2.05. The maximum absolute atomic E-state index is 12.7. The average Bonchev–Trinajstić information content (AvgIpc) is 2.34. The molecule has 0 aliphatic carbocycles. The molecule has 94 valence electrons. The van der Waals surface area contributed by atoms with Crippen molar-refractivity contribution in [2.45, 2.75) is 25.8 Å². The standard InChI is InChI=1S/C13H18FNO2/c1-10(11-5-7-12(14)8-6-11)15-9-3-4-13(16)17-2/h5-8,10,15H,3-4,9H2,1-2H3. The molecule has 0 amide bonds. The van der Waals surface area contributed by atoms with Gasteiger partial charge in [0.1, 0.15) is 5.82 Å². The predicted molar refractivity (Wildman–Crippen MR) is 64.1 cm³/mol. The summed E-state index contributed by atoms with van der Waals surface area (Å²) in [6.45, 7) is 2.74. The molecule has 0 saturated carbocycles. The van der Waals surface area contributed by atoms with E-state index in [1.165, 1.54) is 19.2 Å². The lowest BCUT2D eigenvalue weighted by atomic mass is 10.1. The number of carbonyl (C=O) groups is 1. The van der Waals surface area contributed by atoms with Crippen LogP contribution in [-0.2, 0) is 9.53 Å². The van der Waals surface area contributed by atoms with Crippen LogP contribution in [0, 0.1) is 5.82 Å². The van der Waals surface area contributed by atoms with Crippen LogP contribution < -0.4 is 5.32 Å². The highest BCUT2D eigenvalue weighted by atomic mass is 19.1. The van der Waals surface area contributed by atoms with Crippen LogP contribution in [0.15, 0.2) is 24.3 Å². The van der Waals surface area contributed by atoms with Gasteiger partial charge in [0.05, 0.1) is 7.11 Å². The zero-order valence-electron chi connectivity index (χ0n) is 10.2. The van der Waals surface area contributed by atoms with E-state index >= 15 is 0 Å². The molecule has 0 radical (unpaired) electrons. The Kier molecular flexibility index (Phi) is 5.63. The second-order valence-electron chi connectivity index (χ2n) is 3.91. The number of hydrogen-bond donors (Lipinski definition) is 1. The monoisotopic (exact) mass is 239 g/mol. The maximum atomic E-state index is 12.7. The summed E-state index contributed by atoms with van der Waals surface area (Å²) in [7, 11) is 1.39. The van der Waals surface area contributed by atoms with E-state index in [4.69, 9.17) is 0 Å². The Morgan fingerprint density at radius 1 is 1.41 bits per heavy atom. The Hall–Kier alpha value is -1.42. The van der Waals surface area contributed by atoms with Gasteiger partial charge in [-0.1, -0.05) is 12.1 Å². The van der Waals surface area contributed by atoms with Crippen molar-refractivity contribution >= 4 is 5.97 Å². The molecule has 1 unspecified atom stereocenters. The summed E-state index contributed by atoms with van der Waals surface area (Å²) in [5.41, 5.74) is 1.03. The summed E-state index contributed by atoms with van der Waals surface area (Å²) < 4.78 is 17.3. The van der Waals surface area contributed by atoms with E-state index in [2.05, 4.69) is 10.1 Å². The second kappa shape index (κ2) is 7.01. The van der Waals surface area contributed by atoms with Gasteiger partial charge in [-0.15, -0.1) is 0 Å². The van der Waals surface area contributed by atoms with Crippen molar-refractivity contribution < 1.29 is 13.9 Å². The molecule has 0 aromatic heterocycles. The highest BCUT2D eigenvalue weighted by Crippen LogP contribution is 2.12. The van der Waals surface area contributed by atoms with Crippen molar-refractivity contribution in [1.29, 1.82) is 0 Å². The van der Waals surface area contributed by atoms with Crippen molar-refractivity contribution in [2.24, 2.45) is 0 Å². The smallest absolute Gasteiger partial charge is 0.305 e. The number of carbonyl (C=O) groups excluding carboxylic acids is 1. The Morgan fingerprint density at radius 2 is 2.06 bits per heavy atom. The molecule has 0 heterocycles. The lowest BCUT2D eigenvalue weighted by Crippen LogP contribution is -2.20. The predicted octanol–water partition coefficient (Wildman–Crippen LogP) is 2.43. The van der Waals surface area contributed by atoms with Crippen molar-refractivity contribution in [2.75, 3.05) is 13.7 Å². The van der Waals surface area contributed by atoms with Crippen LogP contribution in [0.2, 0.25) is 0 Å². The molecular weight excluding hydrogens is 221 g/mol. The Morgan fingerprint density at radius 3 is 2.65 bits per heavy atom. The van der Waals surface area contributed by atoms with Crippen LogP contribution in [0.4, 0.5) is 4.39 Å². The second-order valence-corrected chi connectivity index (χ2v) is 3.91. The van der Waals surface area contributed by atoms with Gasteiger partial charge in [-0.3, -0.25) is 4.79 Å². The van der Waals surface area contributed by atoms with Crippen LogP contribution in [-0.4, -0.2) is 19.6 Å². The minimum absolute atomic E-state index is 0.147. The van der Waals surface area contributed by atoms with Crippen LogP contribution in [0.3, 0.4) is 0 Å². The first-order valence-electron chi connectivity index (χ1n) is 5.69. The fraction of sp³-hybridized carbons (Fsp3) is 0.462. The number of benzene rings is 1. The van der Waals surface area contributed by atoms with E-state index in [-0.39, 0.29) is 17.8 Å². The van der Waals surface area contributed by atoms with Crippen LogP contribution in [0.25, 0.3) is 0 Å². The van der Waals surface area contributed by atoms with Crippen LogP contribution in [0.1, 0.15) is 31.4 Å². The van der Waals surface area contributed by atoms with Gasteiger partial charge in [0.2, 0.25) is 0 Å². The first kappa shape index (κ1) is 13.6. The van der Waals surface area contributed by atoms with E-state index in [1.54, 1.807) is 12.1 Å². The largest absolute Gasteiger partial charge is 0.469 e. The summed E-state index contributed by atoms with van der Waals surface area (Å²) in [5, 5.41) is 3.27. The molecule has 0 saturated heterocycles. The van der Waals surface area contributed by atoms with Crippen molar-refractivity contribution in [3.05, 3.63) is 35.6 Å². The first-order valence-corrected chi connectivity index (χ1v) is 5.69. The Labute approximate surface area is 101 Å². The minimum atomic E-state index is -0.230. The summed E-state index contributed by atoms with van der Waals surface area (Å²) in [6, 6.07) is 6.55. The molecular formula is C13H18FNO2. The molecule has 3 nitrogen and oxygen atoms in total. The van der Waals surface area contributed by atoms with E-state index in [9.17, 15) is 9.18 Å². The SMILES string of the molecule is COC(=O)CCCNC(C)c1ccc(F)cc1. The third kappa shape index (κ3) is 4.95. The Balaban J connectivity index is 2.27. The van der Waals surface area contributed by atoms with Gasteiger partial charge in [0.15, 0.2) is 0 Å². The number of nitrogens with one attached hydrogen (secondary N) is 1. The third-order valence-electron chi connectivity index (χ3n) is 2.61. The summed E-state index contributed by atoms with van der Waals surface area (Å²) in [5.74, 6) is -0.423. The molecule has 1 aromatic carbocycles. The minimum Gasteiger partial charge on any atom is -0.469 e. The summed E-state index contributed by atoms with van der Waals surface area (Å²) >= 11 is 0. The van der Waals surface area contributed by atoms with Gasteiger partial charge in [0, 0.05) is 12.5 Å². The number of ether oxygens (including phenoxy) is 1. The molecule has 0 fully saturated rings. The fourth-order valence-corrected chi connectivity index (χ4v) is 1.52. The number of methoxy groups -OCH3 is 1. The van der Waals surface area contributed by atoms with E-state index in [1.807, 2.05) is 6.92 Å². The average molecular weight is 239 g/mol. The molecule has 1 rings (SSSR count). The number of halogens is 1. The Bertz CT molecular complexity index is 351. The van der Waals surface area contributed by atoms with Gasteiger partial charge >= 0.3 is 5.97 Å². The quantitative estimate of drug-likeness (QED) is 0.612. The lowest BCUT2D eigenvalue weighted by Gasteiger charge is -2.13. The van der Waals surface area contributed by atoms with Crippen molar-refractivity contribution in [3.63, 3.8) is 0 Å². The molecule has 0 spiro atoms. The van der Waals surface area contributed by atoms with E-state index in [0.29, 0.717) is 6.42 Å². The van der Waals surface area contributed by atoms with Gasteiger partial charge in [-0.05, 0) is 37.6 Å². The van der Waals surface area contributed by atoms with E-state index < -0.39 is 0 Å². The van der Waals surface area contributed by atoms with Crippen LogP contribution >= 0.6 is 0 Å². The molecule has 1 atom stereocenters. The lowest BCUT2D eigenvalue weighted by molar-refractivity contribution is -0.140. The normalized spacial score (nSPS) is 12.2. The summed E-state index contributed by atoms with van der Waals surface area (Å²) in [6.07, 6.45) is 1.15. The zero-order chi connectivity index (χ0) is 12.7. The number of rotatable bonds is 6. The number of esters is 1. The van der Waals surface area contributed by atoms with Crippen molar-refractivity contribution in [3.8, 4) is 0 Å². The molecule has 0 aliphatic heterocycles. The number of hydrogen-bond acceptors (Lipinski definition) is 3. The molecule has 0 aliphatic rings. The first-order chi connectivity index (χ1) is 8.13. The van der Waals surface area contributed by atoms with Gasteiger partial charge in [-0.2, -0.15) is 0 Å². The molecule has 17 heavy (non-hydrogen) atoms. The maximum Gasteiger partial charge on any atom is 0.305 e.